The van der Waals surface area contributed by atoms with E-state index in [1.54, 1.807) is 12.4 Å². The number of ether oxygens (including phenoxy) is 1. The number of aryl methyl sites for hydroxylation is 1. The van der Waals surface area contributed by atoms with Gasteiger partial charge in [0.1, 0.15) is 5.75 Å². The Hall–Kier alpha value is -1.21. The van der Waals surface area contributed by atoms with Crippen molar-refractivity contribution < 1.29 is 4.74 Å². The van der Waals surface area contributed by atoms with E-state index in [4.69, 9.17) is 10.5 Å². The second kappa shape index (κ2) is 5.42. The molecule has 2 rings (SSSR count). The molecule has 0 unspecified atom stereocenters. The molecule has 0 fully saturated rings. The van der Waals surface area contributed by atoms with Crippen molar-refractivity contribution in [1.29, 1.82) is 0 Å². The van der Waals surface area contributed by atoms with Gasteiger partial charge in [0, 0.05) is 22.5 Å². The fraction of sp³-hybridized carbons (Fsp3) is 0.167. The topological polar surface area (TPSA) is 61.0 Å². The van der Waals surface area contributed by atoms with Crippen LogP contribution in [0.25, 0.3) is 0 Å². The maximum Gasteiger partial charge on any atom is 0.321 e. The van der Waals surface area contributed by atoms with Crippen LogP contribution in [0.1, 0.15) is 11.1 Å². The molecule has 0 saturated heterocycles. The van der Waals surface area contributed by atoms with Crippen LogP contribution in [0.3, 0.4) is 0 Å². The Labute approximate surface area is 113 Å². The predicted octanol–water partition coefficient (Wildman–Crippen LogP) is 2.64. The minimum absolute atomic E-state index is 0.350. The smallest absolute Gasteiger partial charge is 0.321 e. The molecule has 0 aliphatic heterocycles. The summed E-state index contributed by atoms with van der Waals surface area (Å²) in [4.78, 5) is 8.20. The lowest BCUT2D eigenvalue weighted by atomic mass is 10.1. The Kier molecular flexibility index (Phi) is 3.90. The molecule has 0 amide bonds. The van der Waals surface area contributed by atoms with Crippen molar-refractivity contribution in [2.75, 3.05) is 0 Å². The van der Waals surface area contributed by atoms with E-state index in [2.05, 4.69) is 32.6 Å². The molecule has 17 heavy (non-hydrogen) atoms. The lowest BCUT2D eigenvalue weighted by Gasteiger charge is -2.08. The van der Waals surface area contributed by atoms with Crippen LogP contribution in [-0.4, -0.2) is 9.97 Å². The third-order valence-electron chi connectivity index (χ3n) is 2.29. The Morgan fingerprint density at radius 2 is 2.00 bits per heavy atom. The van der Waals surface area contributed by atoms with Gasteiger partial charge in [-0.3, -0.25) is 0 Å². The summed E-state index contributed by atoms with van der Waals surface area (Å²) in [6, 6.07) is 6.22. The zero-order valence-corrected chi connectivity index (χ0v) is 11.5. The minimum atomic E-state index is 0.350. The molecule has 2 N–H and O–H groups in total. The monoisotopic (exact) mass is 341 g/mol. The quantitative estimate of drug-likeness (QED) is 0.872. The number of aromatic nitrogens is 2. The van der Waals surface area contributed by atoms with Crippen molar-refractivity contribution in [1.82, 2.24) is 9.97 Å². The highest BCUT2D eigenvalue weighted by Gasteiger charge is 2.04. The van der Waals surface area contributed by atoms with Gasteiger partial charge >= 0.3 is 6.01 Å². The molecule has 4 nitrogen and oxygen atoms in total. The van der Waals surface area contributed by atoms with Crippen LogP contribution in [0, 0.1) is 10.5 Å². The van der Waals surface area contributed by atoms with Crippen molar-refractivity contribution >= 4 is 22.6 Å². The van der Waals surface area contributed by atoms with Gasteiger partial charge in [0.2, 0.25) is 0 Å². The summed E-state index contributed by atoms with van der Waals surface area (Å²) in [5, 5.41) is 0. The largest absolute Gasteiger partial charge is 0.424 e. The second-order valence-electron chi connectivity index (χ2n) is 3.59. The Balaban J connectivity index is 2.25. The standard InChI is InChI=1S/C12H12IN3O/c1-8-2-3-9(5-14)4-11(8)17-12-15-6-10(13)7-16-12/h2-4,6-7H,5,14H2,1H3. The van der Waals surface area contributed by atoms with Crippen LogP contribution in [0.2, 0.25) is 0 Å². The molecule has 0 aliphatic rings. The molecule has 2 aromatic rings. The van der Waals surface area contributed by atoms with Crippen LogP contribution < -0.4 is 10.5 Å². The fourth-order valence-electron chi connectivity index (χ4n) is 1.33. The number of rotatable bonds is 3. The molecule has 88 valence electrons. The molecule has 0 atom stereocenters. The molecule has 1 aromatic heterocycles. The van der Waals surface area contributed by atoms with Gasteiger partial charge in [-0.05, 0) is 46.7 Å². The second-order valence-corrected chi connectivity index (χ2v) is 4.84. The number of benzene rings is 1. The molecule has 1 aromatic carbocycles. The molecule has 0 saturated carbocycles. The van der Waals surface area contributed by atoms with E-state index in [1.165, 1.54) is 0 Å². The number of nitrogens with two attached hydrogens (primary N) is 1. The molecule has 0 spiro atoms. The van der Waals surface area contributed by atoms with Crippen molar-refractivity contribution in [3.63, 3.8) is 0 Å². The third-order valence-corrected chi connectivity index (χ3v) is 2.84. The van der Waals surface area contributed by atoms with Gasteiger partial charge in [-0.15, -0.1) is 0 Å². The van der Waals surface area contributed by atoms with E-state index in [-0.39, 0.29) is 0 Å². The summed E-state index contributed by atoms with van der Waals surface area (Å²) in [6.07, 6.45) is 3.43. The van der Waals surface area contributed by atoms with Crippen LogP contribution >= 0.6 is 22.6 Å². The highest BCUT2D eigenvalue weighted by atomic mass is 127. The van der Waals surface area contributed by atoms with Crippen molar-refractivity contribution in [2.24, 2.45) is 5.73 Å². The first-order valence-corrected chi connectivity index (χ1v) is 6.22. The Bertz CT molecular complexity index is 514. The Morgan fingerprint density at radius 1 is 1.29 bits per heavy atom. The Morgan fingerprint density at radius 3 is 2.65 bits per heavy atom. The molecular weight excluding hydrogens is 329 g/mol. The summed E-state index contributed by atoms with van der Waals surface area (Å²) >= 11 is 2.15. The average Bonchev–Trinajstić information content (AvgIpc) is 2.35. The molecule has 1 heterocycles. The molecule has 0 aliphatic carbocycles. The van der Waals surface area contributed by atoms with E-state index in [1.807, 2.05) is 25.1 Å². The first kappa shape index (κ1) is 12.3. The molecule has 0 radical (unpaired) electrons. The van der Waals surface area contributed by atoms with Crippen LogP contribution in [0.15, 0.2) is 30.6 Å². The number of hydrogen-bond donors (Lipinski definition) is 1. The van der Waals surface area contributed by atoms with Gasteiger partial charge in [0.25, 0.3) is 0 Å². The van der Waals surface area contributed by atoms with Crippen molar-refractivity contribution in [3.05, 3.63) is 45.3 Å². The number of halogens is 1. The summed E-state index contributed by atoms with van der Waals surface area (Å²) in [5.41, 5.74) is 7.65. The van der Waals surface area contributed by atoms with E-state index >= 15 is 0 Å². The number of nitrogens with zero attached hydrogens (tertiary/aromatic N) is 2. The van der Waals surface area contributed by atoms with E-state index in [0.717, 1.165) is 20.4 Å². The maximum absolute atomic E-state index is 5.63. The SMILES string of the molecule is Cc1ccc(CN)cc1Oc1ncc(I)cn1. The van der Waals surface area contributed by atoms with Gasteiger partial charge in [-0.2, -0.15) is 0 Å². The zero-order chi connectivity index (χ0) is 12.3. The van der Waals surface area contributed by atoms with Crippen LogP contribution in [0.5, 0.6) is 11.8 Å². The summed E-state index contributed by atoms with van der Waals surface area (Å²) in [7, 11) is 0. The van der Waals surface area contributed by atoms with Gasteiger partial charge in [-0.25, -0.2) is 9.97 Å². The third kappa shape index (κ3) is 3.13. The fourth-order valence-corrected chi connectivity index (χ4v) is 1.61. The van der Waals surface area contributed by atoms with E-state index in [0.29, 0.717) is 12.6 Å². The average molecular weight is 341 g/mol. The highest BCUT2D eigenvalue weighted by Crippen LogP contribution is 2.23. The molecule has 5 heteroatoms. The van der Waals surface area contributed by atoms with Gasteiger partial charge in [-0.1, -0.05) is 12.1 Å². The van der Waals surface area contributed by atoms with Crippen LogP contribution in [0.4, 0.5) is 0 Å². The summed E-state index contributed by atoms with van der Waals surface area (Å²) in [5.74, 6) is 0.745. The van der Waals surface area contributed by atoms with Crippen molar-refractivity contribution in [2.45, 2.75) is 13.5 Å². The highest BCUT2D eigenvalue weighted by molar-refractivity contribution is 14.1. The summed E-state index contributed by atoms with van der Waals surface area (Å²) in [6.45, 7) is 2.46. The molecule has 0 bridgehead atoms. The first-order valence-electron chi connectivity index (χ1n) is 5.14. The first-order chi connectivity index (χ1) is 8.19. The van der Waals surface area contributed by atoms with Crippen LogP contribution in [-0.2, 0) is 6.54 Å². The van der Waals surface area contributed by atoms with E-state index < -0.39 is 0 Å². The van der Waals surface area contributed by atoms with Crippen molar-refractivity contribution in [3.8, 4) is 11.8 Å². The lowest BCUT2D eigenvalue weighted by molar-refractivity contribution is 0.437. The maximum atomic E-state index is 5.63. The van der Waals surface area contributed by atoms with Gasteiger partial charge in [0.15, 0.2) is 0 Å². The minimum Gasteiger partial charge on any atom is -0.424 e. The zero-order valence-electron chi connectivity index (χ0n) is 9.35. The van der Waals surface area contributed by atoms with Gasteiger partial charge < -0.3 is 10.5 Å². The lowest BCUT2D eigenvalue weighted by Crippen LogP contribution is -1.98. The normalized spacial score (nSPS) is 10.3. The molecular formula is C12H12IN3O. The predicted molar refractivity (Wildman–Crippen MR) is 73.9 cm³/mol. The number of hydrogen-bond acceptors (Lipinski definition) is 4. The van der Waals surface area contributed by atoms with E-state index in [9.17, 15) is 0 Å². The summed E-state index contributed by atoms with van der Waals surface area (Å²) < 4.78 is 6.60. The van der Waals surface area contributed by atoms with Gasteiger partial charge in [0.05, 0.1) is 0 Å².